The lowest BCUT2D eigenvalue weighted by atomic mass is 10.0. The van der Waals surface area contributed by atoms with E-state index in [4.69, 9.17) is 24.4 Å². The van der Waals surface area contributed by atoms with Gasteiger partial charge in [0.25, 0.3) is 0 Å². The summed E-state index contributed by atoms with van der Waals surface area (Å²) in [6.45, 7) is 9.47. The maximum absolute atomic E-state index is 12.1. The lowest BCUT2D eigenvalue weighted by Gasteiger charge is -2.28. The van der Waals surface area contributed by atoms with E-state index in [0.29, 0.717) is 61.0 Å². The molecule has 0 atom stereocenters. The zero-order valence-corrected chi connectivity index (χ0v) is 23.0. The van der Waals surface area contributed by atoms with Crippen LogP contribution in [-0.2, 0) is 20.7 Å². The average Bonchev–Trinajstić information content (AvgIpc) is 2.92. The number of hydrogen-bond donors (Lipinski definition) is 1. The normalized spacial score (nSPS) is 13.8. The molecule has 0 bridgehead atoms. The van der Waals surface area contributed by atoms with Crippen LogP contribution in [0.15, 0.2) is 48.9 Å². The largest absolute Gasteiger partial charge is 0.444 e. The number of fused-ring (bicyclic) bond motifs is 1. The van der Waals surface area contributed by atoms with Gasteiger partial charge in [0.2, 0.25) is 5.95 Å². The Bertz CT molecular complexity index is 1540. The minimum Gasteiger partial charge on any atom is -0.444 e. The van der Waals surface area contributed by atoms with Crippen molar-refractivity contribution in [3.63, 3.8) is 0 Å². The van der Waals surface area contributed by atoms with Crippen LogP contribution in [0.1, 0.15) is 33.3 Å². The van der Waals surface area contributed by atoms with Crippen LogP contribution >= 0.6 is 0 Å². The van der Waals surface area contributed by atoms with Crippen molar-refractivity contribution in [1.82, 2.24) is 24.9 Å². The number of hydrogen-bond acceptors (Lipinski definition) is 10. The molecule has 1 aliphatic heterocycles. The van der Waals surface area contributed by atoms with Crippen LogP contribution in [0.3, 0.4) is 0 Å². The number of Topliss-reactive ketones (excluding diaryl/α,β-unsaturated/α-hetero) is 1. The van der Waals surface area contributed by atoms with Crippen LogP contribution in [0, 0.1) is 0 Å². The summed E-state index contributed by atoms with van der Waals surface area (Å²) in [7, 11) is 0. The van der Waals surface area contributed by atoms with Crippen molar-refractivity contribution in [2.45, 2.75) is 39.7 Å². The van der Waals surface area contributed by atoms with Crippen molar-refractivity contribution in [1.29, 1.82) is 0 Å². The molecule has 5 rings (SSSR count). The second-order valence-corrected chi connectivity index (χ2v) is 10.6. The molecule has 1 aliphatic rings. The number of ether oxygens (including phenoxy) is 2. The first-order chi connectivity index (χ1) is 19.1. The highest BCUT2D eigenvalue weighted by atomic mass is 16.6. The molecule has 1 N–H and O–H groups in total. The van der Waals surface area contributed by atoms with Gasteiger partial charge in [0, 0.05) is 43.7 Å². The number of ketones is 1. The smallest absolute Gasteiger partial charge is 0.414 e. The summed E-state index contributed by atoms with van der Waals surface area (Å²) in [6, 6.07) is 9.84. The molecule has 4 heterocycles. The third-order valence-electron chi connectivity index (χ3n) is 6.06. The summed E-state index contributed by atoms with van der Waals surface area (Å²) in [4.78, 5) is 48.8. The fourth-order valence-electron chi connectivity index (χ4n) is 4.34. The topological polar surface area (TPSA) is 132 Å². The van der Waals surface area contributed by atoms with Crippen molar-refractivity contribution in [3.8, 4) is 22.5 Å². The van der Waals surface area contributed by atoms with Crippen molar-refractivity contribution >= 4 is 34.7 Å². The molecular weight excluding hydrogens is 510 g/mol. The molecule has 4 aromatic rings. The van der Waals surface area contributed by atoms with Crippen LogP contribution in [-0.4, -0.2) is 68.7 Å². The highest BCUT2D eigenvalue weighted by molar-refractivity contribution is 5.90. The van der Waals surface area contributed by atoms with Gasteiger partial charge in [-0.15, -0.1) is 0 Å². The predicted molar refractivity (Wildman–Crippen MR) is 151 cm³/mol. The van der Waals surface area contributed by atoms with E-state index in [-0.39, 0.29) is 11.7 Å². The number of carbonyl (C=O) groups excluding carboxylic acids is 2. The summed E-state index contributed by atoms with van der Waals surface area (Å²) < 4.78 is 10.8. The molecule has 1 aromatic carbocycles. The number of rotatable bonds is 6. The average molecular weight is 542 g/mol. The number of anilines is 2. The highest BCUT2D eigenvalue weighted by Crippen LogP contribution is 2.30. The Kier molecular flexibility index (Phi) is 7.65. The Balaban J connectivity index is 1.52. The van der Waals surface area contributed by atoms with Crippen LogP contribution in [0.5, 0.6) is 0 Å². The Morgan fingerprint density at radius 3 is 2.40 bits per heavy atom. The van der Waals surface area contributed by atoms with Gasteiger partial charge >= 0.3 is 6.09 Å². The molecule has 0 saturated carbocycles. The number of carbonyl (C=O) groups is 2. The van der Waals surface area contributed by atoms with E-state index in [1.54, 1.807) is 40.1 Å². The summed E-state index contributed by atoms with van der Waals surface area (Å²) >= 11 is 0. The van der Waals surface area contributed by atoms with Crippen molar-refractivity contribution in [3.05, 3.63) is 54.5 Å². The van der Waals surface area contributed by atoms with E-state index < -0.39 is 11.7 Å². The Labute approximate surface area is 232 Å². The minimum absolute atomic E-state index is 0.107. The van der Waals surface area contributed by atoms with Gasteiger partial charge in [-0.05, 0) is 44.9 Å². The summed E-state index contributed by atoms with van der Waals surface area (Å²) in [5.74, 6) is 1.36. The lowest BCUT2D eigenvalue weighted by Crippen LogP contribution is -2.37. The van der Waals surface area contributed by atoms with Gasteiger partial charge in [-0.25, -0.2) is 24.7 Å². The maximum Gasteiger partial charge on any atom is 0.414 e. The molecule has 206 valence electrons. The van der Waals surface area contributed by atoms with E-state index in [2.05, 4.69) is 20.2 Å². The van der Waals surface area contributed by atoms with Crippen molar-refractivity contribution in [2.24, 2.45) is 0 Å². The Hall–Kier alpha value is -4.51. The highest BCUT2D eigenvalue weighted by Gasteiger charge is 2.21. The van der Waals surface area contributed by atoms with Gasteiger partial charge < -0.3 is 14.4 Å². The third-order valence-corrected chi connectivity index (χ3v) is 6.06. The van der Waals surface area contributed by atoms with E-state index in [1.807, 2.05) is 36.5 Å². The quantitative estimate of drug-likeness (QED) is 0.373. The van der Waals surface area contributed by atoms with Gasteiger partial charge in [0.1, 0.15) is 16.9 Å². The fraction of sp³-hybridized carbons (Fsp3) is 0.345. The van der Waals surface area contributed by atoms with E-state index >= 15 is 0 Å². The van der Waals surface area contributed by atoms with E-state index in [0.717, 1.165) is 16.7 Å². The first-order valence-corrected chi connectivity index (χ1v) is 13.1. The number of benzene rings is 1. The Morgan fingerprint density at radius 2 is 1.70 bits per heavy atom. The molecular formula is C29H31N7O4. The third kappa shape index (κ3) is 6.55. The number of nitrogens with one attached hydrogen (secondary N) is 1. The number of morpholine rings is 1. The molecule has 3 aromatic heterocycles. The number of nitrogens with zero attached hydrogens (tertiary/aromatic N) is 6. The first-order valence-electron chi connectivity index (χ1n) is 13.1. The van der Waals surface area contributed by atoms with Crippen molar-refractivity contribution < 1.29 is 19.1 Å². The molecule has 1 amide bonds. The summed E-state index contributed by atoms with van der Waals surface area (Å²) in [5, 5.41) is 2.53. The number of aromatic nitrogens is 5. The molecule has 0 aliphatic carbocycles. The predicted octanol–water partition coefficient (Wildman–Crippen LogP) is 4.46. The monoisotopic (exact) mass is 541 g/mol. The molecule has 0 unspecified atom stereocenters. The second kappa shape index (κ2) is 11.3. The van der Waals surface area contributed by atoms with E-state index in [9.17, 15) is 9.59 Å². The second-order valence-electron chi connectivity index (χ2n) is 10.6. The van der Waals surface area contributed by atoms with Crippen molar-refractivity contribution in [2.75, 3.05) is 36.5 Å². The van der Waals surface area contributed by atoms with Gasteiger partial charge in [-0.3, -0.25) is 15.1 Å². The van der Waals surface area contributed by atoms with Gasteiger partial charge in [-0.1, -0.05) is 24.3 Å². The Morgan fingerprint density at radius 1 is 0.975 bits per heavy atom. The zero-order valence-electron chi connectivity index (χ0n) is 23.0. The SMILES string of the molecule is CC(=O)Cc1cccc(-c2cnc3c(N4CCOCC4)nc(-c4cnc(NC(=O)OC(C)(C)C)nc4)nc3c2)c1. The standard InChI is InChI=1S/C29H31N7O4/c1-18(37)12-19-6-5-7-20(13-19)21-14-23-24(30-15-21)26(36-8-10-39-11-9-36)34-25(33-23)22-16-31-27(32-17-22)35-28(38)40-29(2,3)4/h5-7,13-17H,8-12H2,1-4H3,(H,31,32,35,38). The first kappa shape index (κ1) is 27.1. The van der Waals surface area contributed by atoms with E-state index in [1.165, 1.54) is 0 Å². The lowest BCUT2D eigenvalue weighted by molar-refractivity contribution is -0.116. The van der Waals surface area contributed by atoms with Crippen LogP contribution in [0.25, 0.3) is 33.5 Å². The summed E-state index contributed by atoms with van der Waals surface area (Å²) in [6.07, 6.45) is 4.67. The van der Waals surface area contributed by atoms with Gasteiger partial charge in [0.05, 0.1) is 24.3 Å². The molecule has 11 heteroatoms. The molecule has 1 saturated heterocycles. The molecule has 11 nitrogen and oxygen atoms in total. The molecule has 0 spiro atoms. The molecule has 40 heavy (non-hydrogen) atoms. The summed E-state index contributed by atoms with van der Waals surface area (Å²) in [5.41, 5.74) is 4.06. The van der Waals surface area contributed by atoms with Gasteiger partial charge in [0.15, 0.2) is 11.6 Å². The molecule has 0 radical (unpaired) electrons. The number of amides is 1. The zero-order chi connectivity index (χ0) is 28.3. The van der Waals surface area contributed by atoms with Gasteiger partial charge in [-0.2, -0.15) is 0 Å². The van der Waals surface area contributed by atoms with Crippen LogP contribution < -0.4 is 10.2 Å². The minimum atomic E-state index is -0.638. The fourth-order valence-corrected chi connectivity index (χ4v) is 4.34. The molecule has 1 fully saturated rings. The maximum atomic E-state index is 12.1. The van der Waals surface area contributed by atoms with Crippen LogP contribution in [0.2, 0.25) is 0 Å². The van der Waals surface area contributed by atoms with Crippen LogP contribution in [0.4, 0.5) is 16.6 Å². The number of pyridine rings is 1.